The maximum absolute atomic E-state index is 2.41. The van der Waals surface area contributed by atoms with Crippen molar-refractivity contribution in [3.63, 3.8) is 0 Å². The summed E-state index contributed by atoms with van der Waals surface area (Å²) in [4.78, 5) is 0. The first-order chi connectivity index (χ1) is 27.3. The SMILES string of the molecule is CCCCCCCCCCCCCCCCCCCCCCCCCCCC(CCC)CCCCCCCCCCCCCCCCCCCCCCCC. The van der Waals surface area contributed by atoms with Gasteiger partial charge in [0, 0.05) is 0 Å². The molecule has 0 aliphatic rings. The minimum absolute atomic E-state index is 1.03. The predicted molar refractivity (Wildman–Crippen MR) is 256 cm³/mol. The Morgan fingerprint density at radius 3 is 0.436 bits per heavy atom. The van der Waals surface area contributed by atoms with Gasteiger partial charge >= 0.3 is 0 Å². The van der Waals surface area contributed by atoms with Gasteiger partial charge in [0.15, 0.2) is 0 Å². The van der Waals surface area contributed by atoms with E-state index in [1.807, 2.05) is 0 Å². The molecule has 0 aromatic rings. The monoisotopic (exact) mass is 773 g/mol. The van der Waals surface area contributed by atoms with Crippen LogP contribution in [0.15, 0.2) is 0 Å². The molecule has 1 unspecified atom stereocenters. The summed E-state index contributed by atoms with van der Waals surface area (Å²) in [7, 11) is 0. The highest BCUT2D eigenvalue weighted by Crippen LogP contribution is 2.24. The van der Waals surface area contributed by atoms with Gasteiger partial charge in [-0.2, -0.15) is 0 Å². The van der Waals surface area contributed by atoms with Crippen LogP contribution in [0, 0.1) is 5.92 Å². The zero-order valence-corrected chi connectivity index (χ0v) is 39.6. The van der Waals surface area contributed by atoms with Gasteiger partial charge in [-0.15, -0.1) is 0 Å². The lowest BCUT2D eigenvalue weighted by Crippen LogP contribution is -2.00. The standard InChI is InChI=1S/C55H112/c1-4-7-9-11-13-15-17-19-21-23-25-27-29-30-31-33-35-37-39-41-43-45-47-49-51-54-55(52-6-3)53-50-48-46-44-42-40-38-36-34-32-28-26-24-22-20-18-16-14-12-10-8-5-2/h55H,4-54H2,1-3H3. The van der Waals surface area contributed by atoms with Crippen LogP contribution in [0.2, 0.25) is 0 Å². The summed E-state index contributed by atoms with van der Waals surface area (Å²) in [5.41, 5.74) is 0. The number of hydrogen-bond donors (Lipinski definition) is 0. The Balaban J connectivity index is 3.30. The highest BCUT2D eigenvalue weighted by molar-refractivity contribution is 4.61. The molecular weight excluding hydrogens is 661 g/mol. The lowest BCUT2D eigenvalue weighted by molar-refractivity contribution is 0.376. The molecule has 0 aromatic heterocycles. The van der Waals surface area contributed by atoms with Crippen molar-refractivity contribution in [3.05, 3.63) is 0 Å². The Labute approximate surface area is 352 Å². The quantitative estimate of drug-likeness (QED) is 0.0540. The Morgan fingerprint density at radius 1 is 0.145 bits per heavy atom. The van der Waals surface area contributed by atoms with Crippen LogP contribution in [0.4, 0.5) is 0 Å². The van der Waals surface area contributed by atoms with Gasteiger partial charge in [-0.3, -0.25) is 0 Å². The topological polar surface area (TPSA) is 0 Å². The second-order valence-corrected chi connectivity index (χ2v) is 19.1. The maximum Gasteiger partial charge on any atom is -0.0414 e. The van der Waals surface area contributed by atoms with Gasteiger partial charge in [0.2, 0.25) is 0 Å². The fourth-order valence-electron chi connectivity index (χ4n) is 9.46. The van der Waals surface area contributed by atoms with Crippen LogP contribution >= 0.6 is 0 Å². The Kier molecular flexibility index (Phi) is 52.0. The van der Waals surface area contributed by atoms with Crippen LogP contribution in [0.5, 0.6) is 0 Å². The second kappa shape index (κ2) is 52.0. The molecule has 0 aromatic carbocycles. The molecule has 0 rings (SSSR count). The van der Waals surface area contributed by atoms with E-state index in [-0.39, 0.29) is 0 Å². The zero-order valence-electron chi connectivity index (χ0n) is 39.6. The molecule has 0 heterocycles. The molecule has 332 valence electrons. The highest BCUT2D eigenvalue weighted by Gasteiger charge is 2.08. The first-order valence-corrected chi connectivity index (χ1v) is 27.3. The average molecular weight is 774 g/mol. The molecule has 0 radical (unpaired) electrons. The predicted octanol–water partition coefficient (Wildman–Crippen LogP) is 21.6. The summed E-state index contributed by atoms with van der Waals surface area (Å²) in [6, 6.07) is 0. The van der Waals surface area contributed by atoms with Crippen LogP contribution in [0.1, 0.15) is 348 Å². The van der Waals surface area contributed by atoms with E-state index >= 15 is 0 Å². The zero-order chi connectivity index (χ0) is 39.6. The van der Waals surface area contributed by atoms with Gasteiger partial charge in [-0.05, 0) is 5.92 Å². The molecule has 0 saturated heterocycles. The second-order valence-electron chi connectivity index (χ2n) is 19.1. The van der Waals surface area contributed by atoms with Crippen molar-refractivity contribution >= 4 is 0 Å². The normalized spacial score (nSPS) is 12.3. The first kappa shape index (κ1) is 55.0. The molecule has 55 heavy (non-hydrogen) atoms. The van der Waals surface area contributed by atoms with Crippen LogP contribution < -0.4 is 0 Å². The van der Waals surface area contributed by atoms with Crippen LogP contribution in [0.3, 0.4) is 0 Å². The summed E-state index contributed by atoms with van der Waals surface area (Å²) in [6.45, 7) is 7.04. The molecule has 0 spiro atoms. The smallest absolute Gasteiger partial charge is 0.0414 e. The van der Waals surface area contributed by atoms with E-state index in [1.165, 1.54) is 327 Å². The van der Waals surface area contributed by atoms with E-state index in [0.717, 1.165) is 5.92 Å². The lowest BCUT2D eigenvalue weighted by Gasteiger charge is -2.16. The van der Waals surface area contributed by atoms with Gasteiger partial charge in [-0.1, -0.05) is 348 Å². The van der Waals surface area contributed by atoms with Crippen molar-refractivity contribution in [3.8, 4) is 0 Å². The maximum atomic E-state index is 2.41. The lowest BCUT2D eigenvalue weighted by atomic mass is 9.90. The van der Waals surface area contributed by atoms with Crippen molar-refractivity contribution in [2.75, 3.05) is 0 Å². The largest absolute Gasteiger partial charge is 0.0654 e. The molecule has 0 aliphatic heterocycles. The fourth-order valence-corrected chi connectivity index (χ4v) is 9.46. The molecule has 0 N–H and O–H groups in total. The molecule has 0 aliphatic carbocycles. The summed E-state index contributed by atoms with van der Waals surface area (Å²) >= 11 is 0. The molecule has 0 fully saturated rings. The van der Waals surface area contributed by atoms with Crippen LogP contribution in [-0.4, -0.2) is 0 Å². The van der Waals surface area contributed by atoms with E-state index in [2.05, 4.69) is 20.8 Å². The molecule has 0 bridgehead atoms. The van der Waals surface area contributed by atoms with Gasteiger partial charge in [0.1, 0.15) is 0 Å². The van der Waals surface area contributed by atoms with E-state index in [1.54, 1.807) is 0 Å². The van der Waals surface area contributed by atoms with E-state index in [9.17, 15) is 0 Å². The fraction of sp³-hybridized carbons (Fsp3) is 1.00. The summed E-state index contributed by atoms with van der Waals surface area (Å²) in [5.74, 6) is 1.03. The average Bonchev–Trinajstić information content (AvgIpc) is 3.19. The minimum atomic E-state index is 1.03. The van der Waals surface area contributed by atoms with Crippen molar-refractivity contribution < 1.29 is 0 Å². The van der Waals surface area contributed by atoms with Crippen molar-refractivity contribution in [1.29, 1.82) is 0 Å². The van der Waals surface area contributed by atoms with Crippen LogP contribution in [-0.2, 0) is 0 Å². The van der Waals surface area contributed by atoms with Gasteiger partial charge in [0.05, 0.1) is 0 Å². The molecular formula is C55H112. The third-order valence-corrected chi connectivity index (χ3v) is 13.4. The Hall–Kier alpha value is 0. The third-order valence-electron chi connectivity index (χ3n) is 13.4. The Bertz CT molecular complexity index is 622. The van der Waals surface area contributed by atoms with Crippen molar-refractivity contribution in [1.82, 2.24) is 0 Å². The van der Waals surface area contributed by atoms with E-state index < -0.39 is 0 Å². The molecule has 0 heteroatoms. The molecule has 0 saturated carbocycles. The summed E-state index contributed by atoms with van der Waals surface area (Å²) < 4.78 is 0. The summed E-state index contributed by atoms with van der Waals surface area (Å²) in [6.07, 6.45) is 75.8. The van der Waals surface area contributed by atoms with Gasteiger partial charge in [0.25, 0.3) is 0 Å². The van der Waals surface area contributed by atoms with Crippen molar-refractivity contribution in [2.45, 2.75) is 348 Å². The highest BCUT2D eigenvalue weighted by atomic mass is 14.1. The minimum Gasteiger partial charge on any atom is -0.0654 e. The Morgan fingerprint density at radius 2 is 0.291 bits per heavy atom. The molecule has 0 amide bonds. The summed E-state index contributed by atoms with van der Waals surface area (Å²) in [5, 5.41) is 0. The third kappa shape index (κ3) is 50.1. The number of unbranched alkanes of at least 4 members (excludes halogenated alkanes) is 45. The molecule has 0 nitrogen and oxygen atoms in total. The number of hydrogen-bond acceptors (Lipinski definition) is 0. The van der Waals surface area contributed by atoms with Crippen molar-refractivity contribution in [2.24, 2.45) is 5.92 Å². The van der Waals surface area contributed by atoms with Crippen LogP contribution in [0.25, 0.3) is 0 Å². The van der Waals surface area contributed by atoms with Gasteiger partial charge < -0.3 is 0 Å². The first-order valence-electron chi connectivity index (χ1n) is 27.3. The van der Waals surface area contributed by atoms with E-state index in [0.29, 0.717) is 0 Å². The number of rotatable bonds is 51. The molecule has 1 atom stereocenters. The van der Waals surface area contributed by atoms with E-state index in [4.69, 9.17) is 0 Å². The van der Waals surface area contributed by atoms with Gasteiger partial charge in [-0.25, -0.2) is 0 Å².